The summed E-state index contributed by atoms with van der Waals surface area (Å²) in [6, 6.07) is 27.1. The van der Waals surface area contributed by atoms with E-state index in [1.807, 2.05) is 44.2 Å². The third kappa shape index (κ3) is 6.70. The number of sulfonamides is 1. The molecule has 0 bridgehead atoms. The number of halogens is 1. The van der Waals surface area contributed by atoms with E-state index in [0.717, 1.165) is 15.4 Å². The van der Waals surface area contributed by atoms with Crippen LogP contribution in [0.5, 0.6) is 0 Å². The van der Waals surface area contributed by atoms with Crippen molar-refractivity contribution in [3.8, 4) is 0 Å². The summed E-state index contributed by atoms with van der Waals surface area (Å²) < 4.78 is 28.6. The van der Waals surface area contributed by atoms with E-state index in [4.69, 9.17) is 11.6 Å². The van der Waals surface area contributed by atoms with Crippen LogP contribution in [0.3, 0.4) is 0 Å². The zero-order valence-corrected chi connectivity index (χ0v) is 24.0. The maximum Gasteiger partial charge on any atom is 0.264 e. The molecule has 0 aliphatic heterocycles. The number of nitrogens with one attached hydrogen (secondary N) is 2. The van der Waals surface area contributed by atoms with E-state index in [1.165, 1.54) is 12.1 Å². The van der Waals surface area contributed by atoms with Crippen molar-refractivity contribution in [3.63, 3.8) is 0 Å². The summed E-state index contributed by atoms with van der Waals surface area (Å²) in [7, 11) is -4.12. The minimum absolute atomic E-state index is 0.0509. The van der Waals surface area contributed by atoms with Crippen LogP contribution < -0.4 is 14.9 Å². The predicted octanol–water partition coefficient (Wildman–Crippen LogP) is 6.28. The number of benzene rings is 4. The molecular formula is C31H30ClN3O4S. The zero-order chi connectivity index (χ0) is 28.9. The van der Waals surface area contributed by atoms with Crippen molar-refractivity contribution in [2.24, 2.45) is 0 Å². The average molecular weight is 576 g/mol. The van der Waals surface area contributed by atoms with Crippen molar-refractivity contribution >= 4 is 44.8 Å². The zero-order valence-electron chi connectivity index (χ0n) is 22.4. The Morgan fingerprint density at radius 3 is 2.20 bits per heavy atom. The summed E-state index contributed by atoms with van der Waals surface area (Å²) in [6.07, 6.45) is 0. The van der Waals surface area contributed by atoms with Crippen LogP contribution >= 0.6 is 11.6 Å². The average Bonchev–Trinajstić information content (AvgIpc) is 2.93. The molecule has 0 aliphatic rings. The van der Waals surface area contributed by atoms with E-state index in [-0.39, 0.29) is 28.1 Å². The summed E-state index contributed by atoms with van der Waals surface area (Å²) >= 11 is 6.12. The molecular weight excluding hydrogens is 546 g/mol. The monoisotopic (exact) mass is 575 g/mol. The number of nitrogens with zero attached hydrogens (tertiary/aromatic N) is 1. The van der Waals surface area contributed by atoms with Crippen molar-refractivity contribution in [2.45, 2.75) is 31.7 Å². The van der Waals surface area contributed by atoms with E-state index in [0.29, 0.717) is 16.3 Å². The van der Waals surface area contributed by atoms with Gasteiger partial charge in [-0.15, -0.1) is 0 Å². The van der Waals surface area contributed by atoms with E-state index in [9.17, 15) is 18.0 Å². The fraction of sp³-hybridized carbons (Fsp3) is 0.161. The van der Waals surface area contributed by atoms with E-state index in [1.54, 1.807) is 61.5 Å². The third-order valence-electron chi connectivity index (χ3n) is 6.42. The number of hydrogen-bond donors (Lipinski definition) is 2. The van der Waals surface area contributed by atoms with Gasteiger partial charge in [0.1, 0.15) is 6.54 Å². The van der Waals surface area contributed by atoms with Gasteiger partial charge >= 0.3 is 0 Å². The quantitative estimate of drug-likeness (QED) is 0.245. The van der Waals surface area contributed by atoms with Crippen LogP contribution in [-0.2, 0) is 14.8 Å². The normalized spacial score (nSPS) is 11.9. The number of rotatable bonds is 9. The molecule has 2 N–H and O–H groups in total. The molecule has 9 heteroatoms. The van der Waals surface area contributed by atoms with Crippen molar-refractivity contribution in [1.82, 2.24) is 5.32 Å². The molecule has 0 aromatic heterocycles. The third-order valence-corrected chi connectivity index (χ3v) is 8.43. The first-order valence-corrected chi connectivity index (χ1v) is 14.5. The lowest BCUT2D eigenvalue weighted by Gasteiger charge is -2.26. The van der Waals surface area contributed by atoms with Gasteiger partial charge in [0, 0.05) is 5.02 Å². The molecule has 0 spiro atoms. The lowest BCUT2D eigenvalue weighted by Crippen LogP contribution is -2.39. The van der Waals surface area contributed by atoms with Gasteiger partial charge in [-0.2, -0.15) is 0 Å². The van der Waals surface area contributed by atoms with Crippen molar-refractivity contribution < 1.29 is 18.0 Å². The summed E-state index contributed by atoms with van der Waals surface area (Å²) in [5, 5.41) is 6.13. The molecule has 7 nitrogen and oxygen atoms in total. The van der Waals surface area contributed by atoms with Gasteiger partial charge in [0.2, 0.25) is 5.91 Å². The molecule has 2 amide bonds. The highest BCUT2D eigenvalue weighted by molar-refractivity contribution is 7.92. The van der Waals surface area contributed by atoms with Gasteiger partial charge in [-0.25, -0.2) is 8.42 Å². The smallest absolute Gasteiger partial charge is 0.264 e. The number of amides is 2. The van der Waals surface area contributed by atoms with Crippen molar-refractivity contribution in [3.05, 3.63) is 124 Å². The van der Waals surface area contributed by atoms with E-state index in [2.05, 4.69) is 10.6 Å². The van der Waals surface area contributed by atoms with Gasteiger partial charge in [0.15, 0.2) is 0 Å². The lowest BCUT2D eigenvalue weighted by atomic mass is 10.1. The summed E-state index contributed by atoms with van der Waals surface area (Å²) in [5.74, 6) is -0.980. The Kier molecular flexibility index (Phi) is 8.92. The van der Waals surface area contributed by atoms with Crippen LogP contribution in [0.2, 0.25) is 5.02 Å². The number of carbonyl (C=O) groups is 2. The fourth-order valence-corrected chi connectivity index (χ4v) is 5.96. The highest BCUT2D eigenvalue weighted by Gasteiger charge is 2.29. The van der Waals surface area contributed by atoms with Gasteiger partial charge in [0.05, 0.1) is 27.9 Å². The highest BCUT2D eigenvalue weighted by atomic mass is 35.5. The molecule has 1 atom stereocenters. The maximum absolute atomic E-state index is 13.7. The van der Waals surface area contributed by atoms with Crippen molar-refractivity contribution in [1.29, 1.82) is 0 Å². The molecule has 40 heavy (non-hydrogen) atoms. The van der Waals surface area contributed by atoms with Crippen LogP contribution in [0, 0.1) is 13.8 Å². The molecule has 0 radical (unpaired) electrons. The summed E-state index contributed by atoms with van der Waals surface area (Å²) in [5.41, 5.74) is 3.28. The second-order valence-corrected chi connectivity index (χ2v) is 11.8. The Morgan fingerprint density at radius 2 is 1.52 bits per heavy atom. The highest BCUT2D eigenvalue weighted by Crippen LogP contribution is 2.29. The molecule has 0 fully saturated rings. The van der Waals surface area contributed by atoms with Gasteiger partial charge in [0.25, 0.3) is 15.9 Å². The first-order chi connectivity index (χ1) is 19.1. The molecule has 0 heterocycles. The number of hydrogen-bond acceptors (Lipinski definition) is 4. The molecule has 4 rings (SSSR count). The summed E-state index contributed by atoms with van der Waals surface area (Å²) in [6.45, 7) is 4.94. The lowest BCUT2D eigenvalue weighted by molar-refractivity contribution is -0.114. The first kappa shape index (κ1) is 28.9. The fourth-order valence-electron chi connectivity index (χ4n) is 4.25. The molecule has 0 saturated heterocycles. The Bertz CT molecular complexity index is 1620. The first-order valence-electron chi connectivity index (χ1n) is 12.7. The predicted molar refractivity (Wildman–Crippen MR) is 159 cm³/mol. The largest absolute Gasteiger partial charge is 0.345 e. The van der Waals surface area contributed by atoms with Crippen molar-refractivity contribution in [2.75, 3.05) is 16.2 Å². The Morgan fingerprint density at radius 1 is 0.875 bits per heavy atom. The Balaban J connectivity index is 1.60. The molecule has 0 saturated carbocycles. The molecule has 4 aromatic rings. The Labute approximate surface area is 239 Å². The van der Waals surface area contributed by atoms with Gasteiger partial charge < -0.3 is 10.6 Å². The number of carbonyl (C=O) groups excluding carboxylic acids is 2. The molecule has 0 aliphatic carbocycles. The SMILES string of the molecule is Cc1ccc(S(=O)(=O)N(CC(=O)Nc2ccccc2C(=O)N[C@@H](C)c2ccccc2)c2ccc(Cl)cc2C)cc1. The molecule has 4 aromatic carbocycles. The van der Waals surface area contributed by atoms with Crippen LogP contribution in [-0.4, -0.2) is 26.8 Å². The minimum atomic E-state index is -4.12. The van der Waals surface area contributed by atoms with E-state index < -0.39 is 22.5 Å². The Hall–Kier alpha value is -4.14. The molecule has 206 valence electrons. The topological polar surface area (TPSA) is 95.6 Å². The number of anilines is 2. The second kappa shape index (κ2) is 12.4. The van der Waals surface area contributed by atoms with Crippen LogP contribution in [0.15, 0.2) is 102 Å². The minimum Gasteiger partial charge on any atom is -0.345 e. The summed E-state index contributed by atoms with van der Waals surface area (Å²) in [4.78, 5) is 26.5. The number of aryl methyl sites for hydroxylation is 2. The van der Waals surface area contributed by atoms with Gasteiger partial charge in [-0.1, -0.05) is 71.8 Å². The van der Waals surface area contributed by atoms with Crippen LogP contribution in [0.4, 0.5) is 11.4 Å². The second-order valence-electron chi connectivity index (χ2n) is 9.46. The van der Waals surface area contributed by atoms with Crippen LogP contribution in [0.1, 0.15) is 40.0 Å². The van der Waals surface area contributed by atoms with E-state index >= 15 is 0 Å². The van der Waals surface area contributed by atoms with Gasteiger partial charge in [-0.05, 0) is 74.4 Å². The molecule has 0 unspecified atom stereocenters. The van der Waals surface area contributed by atoms with Gasteiger partial charge in [-0.3, -0.25) is 13.9 Å². The number of para-hydroxylation sites is 1. The maximum atomic E-state index is 13.7. The standard InChI is InChI=1S/C31H30ClN3O4S/c1-21-13-16-26(17-14-21)40(38,39)35(29-18-15-25(32)19-22(29)2)20-30(36)34-28-12-8-7-11-27(28)31(37)33-23(3)24-9-5-4-6-10-24/h4-19,23H,20H2,1-3H3,(H,33,37)(H,34,36)/t23-/m0/s1. The van der Waals surface area contributed by atoms with Crippen LogP contribution in [0.25, 0.3) is 0 Å².